The van der Waals surface area contributed by atoms with E-state index in [2.05, 4.69) is 19.2 Å². The molecular formula is C18H29ClN2O3. The average Bonchev–Trinajstić information content (AvgIpc) is 3.03. The lowest BCUT2D eigenvalue weighted by atomic mass is 9.95. The van der Waals surface area contributed by atoms with Crippen LogP contribution >= 0.6 is 12.4 Å². The molecule has 5 nitrogen and oxygen atoms in total. The molecular weight excluding hydrogens is 328 g/mol. The number of nitrogens with two attached hydrogens (primary N) is 1. The van der Waals surface area contributed by atoms with E-state index in [4.69, 9.17) is 15.2 Å². The van der Waals surface area contributed by atoms with Crippen LogP contribution < -0.4 is 15.8 Å². The quantitative estimate of drug-likeness (QED) is 0.786. The first kappa shape index (κ1) is 20.7. The Morgan fingerprint density at radius 3 is 2.67 bits per heavy atom. The molecule has 1 amide bonds. The molecule has 0 bridgehead atoms. The van der Waals surface area contributed by atoms with Gasteiger partial charge in [-0.25, -0.2) is 0 Å². The zero-order chi connectivity index (χ0) is 16.8. The van der Waals surface area contributed by atoms with E-state index in [0.29, 0.717) is 12.5 Å². The van der Waals surface area contributed by atoms with Gasteiger partial charge < -0.3 is 20.5 Å². The summed E-state index contributed by atoms with van der Waals surface area (Å²) in [5, 5.41) is 3.14. The number of hydrogen-bond acceptors (Lipinski definition) is 4. The maximum atomic E-state index is 12.5. The number of halogens is 1. The fraction of sp³-hybridized carbons (Fsp3) is 0.611. The summed E-state index contributed by atoms with van der Waals surface area (Å²) >= 11 is 0. The second-order valence-electron chi connectivity index (χ2n) is 6.43. The SMILES string of the molecule is COc1ccccc1CC(NC(=O)[C@@H]1CC[C@H](CN)O1)C(C)C.Cl. The Morgan fingerprint density at radius 1 is 1.38 bits per heavy atom. The Balaban J connectivity index is 0.00000288. The molecule has 1 aromatic rings. The molecule has 1 fully saturated rings. The monoisotopic (exact) mass is 356 g/mol. The molecule has 6 heteroatoms. The minimum absolute atomic E-state index is 0. The van der Waals surface area contributed by atoms with Crippen LogP contribution in [0.4, 0.5) is 0 Å². The summed E-state index contributed by atoms with van der Waals surface area (Å²) in [5.41, 5.74) is 6.71. The van der Waals surface area contributed by atoms with Gasteiger partial charge in [0.15, 0.2) is 0 Å². The molecule has 3 atom stereocenters. The molecule has 0 aromatic heterocycles. The van der Waals surface area contributed by atoms with E-state index < -0.39 is 0 Å². The van der Waals surface area contributed by atoms with Gasteiger partial charge in [-0.2, -0.15) is 0 Å². The number of amides is 1. The summed E-state index contributed by atoms with van der Waals surface area (Å²) in [6, 6.07) is 7.96. The number of ether oxygens (including phenoxy) is 2. The van der Waals surface area contributed by atoms with Crippen LogP contribution in [0, 0.1) is 5.92 Å². The lowest BCUT2D eigenvalue weighted by Gasteiger charge is -2.25. The van der Waals surface area contributed by atoms with Gasteiger partial charge in [0, 0.05) is 12.6 Å². The minimum Gasteiger partial charge on any atom is -0.496 e. The van der Waals surface area contributed by atoms with Gasteiger partial charge in [0.25, 0.3) is 0 Å². The minimum atomic E-state index is -0.373. The highest BCUT2D eigenvalue weighted by Crippen LogP contribution is 2.23. The summed E-state index contributed by atoms with van der Waals surface area (Å²) in [7, 11) is 1.67. The predicted octanol–water partition coefficient (Wildman–Crippen LogP) is 2.31. The second-order valence-corrected chi connectivity index (χ2v) is 6.43. The molecule has 24 heavy (non-hydrogen) atoms. The number of nitrogens with one attached hydrogen (secondary N) is 1. The van der Waals surface area contributed by atoms with E-state index in [-0.39, 0.29) is 36.6 Å². The van der Waals surface area contributed by atoms with Gasteiger partial charge in [0.2, 0.25) is 5.91 Å². The Morgan fingerprint density at radius 2 is 2.08 bits per heavy atom. The van der Waals surface area contributed by atoms with Crippen LogP contribution in [-0.4, -0.2) is 37.8 Å². The highest BCUT2D eigenvalue weighted by molar-refractivity contribution is 5.85. The Bertz CT molecular complexity index is 525. The molecule has 1 aromatic carbocycles. The van der Waals surface area contributed by atoms with Gasteiger partial charge in [0.1, 0.15) is 11.9 Å². The van der Waals surface area contributed by atoms with Gasteiger partial charge in [0.05, 0.1) is 13.2 Å². The average molecular weight is 357 g/mol. The first-order chi connectivity index (χ1) is 11.0. The molecule has 0 radical (unpaired) electrons. The fourth-order valence-corrected chi connectivity index (χ4v) is 2.91. The topological polar surface area (TPSA) is 73.6 Å². The van der Waals surface area contributed by atoms with Gasteiger partial charge in [-0.15, -0.1) is 12.4 Å². The van der Waals surface area contributed by atoms with E-state index in [9.17, 15) is 4.79 Å². The molecule has 1 aliphatic rings. The van der Waals surface area contributed by atoms with Crippen LogP contribution in [0.2, 0.25) is 0 Å². The molecule has 3 N–H and O–H groups in total. The summed E-state index contributed by atoms with van der Waals surface area (Å²) in [6.07, 6.45) is 1.97. The molecule has 2 rings (SSSR count). The van der Waals surface area contributed by atoms with E-state index in [1.807, 2.05) is 24.3 Å². The molecule has 1 saturated heterocycles. The molecule has 1 heterocycles. The van der Waals surface area contributed by atoms with Crippen LogP contribution in [0.5, 0.6) is 5.75 Å². The normalized spacial score (nSPS) is 21.2. The van der Waals surface area contributed by atoms with Crippen LogP contribution in [0.25, 0.3) is 0 Å². The van der Waals surface area contributed by atoms with Gasteiger partial charge in [-0.3, -0.25) is 4.79 Å². The molecule has 1 unspecified atom stereocenters. The molecule has 1 aliphatic heterocycles. The first-order valence-electron chi connectivity index (χ1n) is 8.33. The van der Waals surface area contributed by atoms with Crippen LogP contribution in [0.15, 0.2) is 24.3 Å². The van der Waals surface area contributed by atoms with Crippen LogP contribution in [-0.2, 0) is 16.0 Å². The van der Waals surface area contributed by atoms with Gasteiger partial charge >= 0.3 is 0 Å². The number of hydrogen-bond donors (Lipinski definition) is 2. The van der Waals surface area contributed by atoms with Gasteiger partial charge in [-0.1, -0.05) is 32.0 Å². The maximum absolute atomic E-state index is 12.5. The van der Waals surface area contributed by atoms with Crippen molar-refractivity contribution in [2.24, 2.45) is 11.7 Å². The number of carbonyl (C=O) groups excluding carboxylic acids is 1. The van der Waals surface area contributed by atoms with E-state index in [1.165, 1.54) is 0 Å². The fourth-order valence-electron chi connectivity index (χ4n) is 2.91. The number of rotatable bonds is 7. The van der Waals surface area contributed by atoms with Gasteiger partial charge in [-0.05, 0) is 36.8 Å². The lowest BCUT2D eigenvalue weighted by Crippen LogP contribution is -2.45. The molecule has 0 saturated carbocycles. The highest BCUT2D eigenvalue weighted by atomic mass is 35.5. The van der Waals surface area contributed by atoms with Crippen molar-refractivity contribution in [1.29, 1.82) is 0 Å². The van der Waals surface area contributed by atoms with E-state index in [1.54, 1.807) is 7.11 Å². The molecule has 136 valence electrons. The largest absolute Gasteiger partial charge is 0.496 e. The van der Waals surface area contributed by atoms with Crippen molar-refractivity contribution < 1.29 is 14.3 Å². The van der Waals surface area contributed by atoms with Crippen LogP contribution in [0.3, 0.4) is 0 Å². The maximum Gasteiger partial charge on any atom is 0.249 e. The zero-order valence-electron chi connectivity index (χ0n) is 14.7. The highest BCUT2D eigenvalue weighted by Gasteiger charge is 2.31. The van der Waals surface area contributed by atoms with E-state index >= 15 is 0 Å². The summed E-state index contributed by atoms with van der Waals surface area (Å²) in [4.78, 5) is 12.5. The van der Waals surface area contributed by atoms with Crippen molar-refractivity contribution in [2.45, 2.75) is 51.4 Å². The Kier molecular flexibility index (Phi) is 8.53. The van der Waals surface area contributed by atoms with Crippen molar-refractivity contribution in [3.8, 4) is 5.75 Å². The first-order valence-corrected chi connectivity index (χ1v) is 8.33. The Labute approximate surface area is 150 Å². The van der Waals surface area contributed by atoms with Crippen molar-refractivity contribution in [2.75, 3.05) is 13.7 Å². The molecule has 0 spiro atoms. The van der Waals surface area contributed by atoms with Crippen molar-refractivity contribution in [3.05, 3.63) is 29.8 Å². The third-order valence-corrected chi connectivity index (χ3v) is 4.43. The van der Waals surface area contributed by atoms with Crippen LogP contribution in [0.1, 0.15) is 32.3 Å². The summed E-state index contributed by atoms with van der Waals surface area (Å²) in [5.74, 6) is 1.14. The summed E-state index contributed by atoms with van der Waals surface area (Å²) in [6.45, 7) is 4.69. The third-order valence-electron chi connectivity index (χ3n) is 4.43. The third kappa shape index (κ3) is 5.36. The number of benzene rings is 1. The smallest absolute Gasteiger partial charge is 0.249 e. The number of carbonyl (C=O) groups is 1. The van der Waals surface area contributed by atoms with E-state index in [0.717, 1.165) is 30.6 Å². The second kappa shape index (κ2) is 9.87. The predicted molar refractivity (Wildman–Crippen MR) is 97.7 cm³/mol. The van der Waals surface area contributed by atoms with Crippen molar-refractivity contribution >= 4 is 18.3 Å². The lowest BCUT2D eigenvalue weighted by molar-refractivity contribution is -0.132. The number of para-hydroxylation sites is 1. The van der Waals surface area contributed by atoms with Crippen molar-refractivity contribution in [1.82, 2.24) is 5.32 Å². The molecule has 0 aliphatic carbocycles. The van der Waals surface area contributed by atoms with Crippen molar-refractivity contribution in [3.63, 3.8) is 0 Å². The Hall–Kier alpha value is -1.30. The standard InChI is InChI=1S/C18H28N2O3.ClH/c1-12(2)15(10-13-6-4-5-7-16(13)22-3)20-18(21)17-9-8-14(11-19)23-17;/h4-7,12,14-15,17H,8-11,19H2,1-3H3,(H,20,21);1H/t14-,15?,17+;/m1./s1. The zero-order valence-corrected chi connectivity index (χ0v) is 15.5. The number of methoxy groups -OCH3 is 1. The summed E-state index contributed by atoms with van der Waals surface area (Å²) < 4.78 is 11.1.